The molecule has 1 atom stereocenters. The van der Waals surface area contributed by atoms with Gasteiger partial charge < -0.3 is 10.6 Å². The van der Waals surface area contributed by atoms with Gasteiger partial charge in [0.1, 0.15) is 5.54 Å². The molecule has 1 aliphatic heterocycles. The number of rotatable bonds is 5. The number of carbonyl (C=O) groups is 3. The second-order valence-corrected chi connectivity index (χ2v) is 6.29. The van der Waals surface area contributed by atoms with Crippen molar-refractivity contribution in [1.29, 1.82) is 0 Å². The standard InChI is InChI=1S/C19H16N4O5/c1-19(17(25)21-18(26)22-19)13-5-3-6-14(11-13)20-16(24)9-8-12-4-2-7-15(10-12)23(27)28/h2-11H,1H3,(H,20,24)(H2,21,22,25,26)/b9-8+. The molecular formula is C19H16N4O5. The van der Waals surface area contributed by atoms with Crippen LogP contribution in [0.1, 0.15) is 18.1 Å². The molecule has 0 aliphatic carbocycles. The Hall–Kier alpha value is -4.01. The van der Waals surface area contributed by atoms with Crippen LogP contribution in [0.2, 0.25) is 0 Å². The molecule has 3 rings (SSSR count). The van der Waals surface area contributed by atoms with Crippen molar-refractivity contribution in [3.05, 3.63) is 75.8 Å². The van der Waals surface area contributed by atoms with E-state index >= 15 is 0 Å². The Kier molecular flexibility index (Phi) is 4.90. The molecule has 2 aromatic rings. The number of non-ortho nitro benzene ring substituents is 1. The number of carbonyl (C=O) groups excluding carboxylic acids is 3. The van der Waals surface area contributed by atoms with Gasteiger partial charge in [-0.3, -0.25) is 25.0 Å². The molecule has 1 aliphatic rings. The van der Waals surface area contributed by atoms with E-state index in [9.17, 15) is 24.5 Å². The average molecular weight is 380 g/mol. The smallest absolute Gasteiger partial charge is 0.322 e. The van der Waals surface area contributed by atoms with Gasteiger partial charge in [0, 0.05) is 23.9 Å². The summed E-state index contributed by atoms with van der Waals surface area (Å²) in [6, 6.07) is 11.8. The first kappa shape index (κ1) is 18.8. The number of anilines is 1. The van der Waals surface area contributed by atoms with Crippen molar-refractivity contribution >= 4 is 35.3 Å². The third-order valence-electron chi connectivity index (χ3n) is 4.26. The van der Waals surface area contributed by atoms with Gasteiger partial charge in [-0.05, 0) is 36.3 Å². The molecule has 0 aromatic heterocycles. The van der Waals surface area contributed by atoms with Crippen LogP contribution in [-0.4, -0.2) is 22.8 Å². The predicted molar refractivity (Wildman–Crippen MR) is 101 cm³/mol. The van der Waals surface area contributed by atoms with Crippen LogP contribution >= 0.6 is 0 Å². The molecule has 0 spiro atoms. The van der Waals surface area contributed by atoms with E-state index in [1.165, 1.54) is 30.4 Å². The van der Waals surface area contributed by atoms with Crippen LogP contribution in [0.5, 0.6) is 0 Å². The van der Waals surface area contributed by atoms with Crippen molar-refractivity contribution in [2.24, 2.45) is 0 Å². The van der Waals surface area contributed by atoms with Crippen molar-refractivity contribution < 1.29 is 19.3 Å². The third kappa shape index (κ3) is 3.88. The molecule has 28 heavy (non-hydrogen) atoms. The molecule has 0 radical (unpaired) electrons. The van der Waals surface area contributed by atoms with Crippen LogP contribution in [0.25, 0.3) is 6.08 Å². The van der Waals surface area contributed by atoms with Gasteiger partial charge in [0.25, 0.3) is 11.6 Å². The summed E-state index contributed by atoms with van der Waals surface area (Å²) in [5.74, 6) is -0.930. The summed E-state index contributed by atoms with van der Waals surface area (Å²) in [4.78, 5) is 45.9. The molecule has 1 saturated heterocycles. The number of hydrogen-bond donors (Lipinski definition) is 3. The van der Waals surface area contributed by atoms with Crippen LogP contribution in [-0.2, 0) is 15.1 Å². The number of hydrogen-bond acceptors (Lipinski definition) is 5. The molecule has 9 heteroatoms. The van der Waals surface area contributed by atoms with E-state index < -0.39 is 28.3 Å². The number of urea groups is 1. The quantitative estimate of drug-likeness (QED) is 0.317. The van der Waals surface area contributed by atoms with Gasteiger partial charge in [-0.2, -0.15) is 0 Å². The van der Waals surface area contributed by atoms with Gasteiger partial charge in [-0.15, -0.1) is 0 Å². The number of nitro benzene ring substituents is 1. The van der Waals surface area contributed by atoms with Crippen molar-refractivity contribution in [2.75, 3.05) is 5.32 Å². The number of nitro groups is 1. The SMILES string of the molecule is CC1(c2cccc(NC(=O)/C=C/c3cccc([N+](=O)[O-])c3)c2)NC(=O)NC1=O. The molecule has 9 nitrogen and oxygen atoms in total. The lowest BCUT2D eigenvalue weighted by atomic mass is 9.92. The predicted octanol–water partition coefficient (Wildman–Crippen LogP) is 2.30. The number of nitrogens with zero attached hydrogens (tertiary/aromatic N) is 1. The summed E-state index contributed by atoms with van der Waals surface area (Å²) in [5.41, 5.74) is 0.158. The van der Waals surface area contributed by atoms with Crippen molar-refractivity contribution in [3.63, 3.8) is 0 Å². The van der Waals surface area contributed by atoms with Gasteiger partial charge in [0.15, 0.2) is 0 Å². The maximum atomic E-state index is 12.2. The van der Waals surface area contributed by atoms with Gasteiger partial charge >= 0.3 is 6.03 Å². The van der Waals surface area contributed by atoms with E-state index in [1.54, 1.807) is 37.3 Å². The highest BCUT2D eigenvalue weighted by Crippen LogP contribution is 2.26. The normalized spacial score (nSPS) is 18.6. The Labute approximate surface area is 159 Å². The molecular weight excluding hydrogens is 364 g/mol. The van der Waals surface area contributed by atoms with Crippen molar-refractivity contribution in [2.45, 2.75) is 12.5 Å². The van der Waals surface area contributed by atoms with E-state index in [0.717, 1.165) is 0 Å². The van der Waals surface area contributed by atoms with E-state index in [1.807, 2.05) is 0 Å². The zero-order chi connectivity index (χ0) is 20.3. The topological polar surface area (TPSA) is 130 Å². The fraction of sp³-hybridized carbons (Fsp3) is 0.105. The molecule has 1 unspecified atom stereocenters. The first-order valence-electron chi connectivity index (χ1n) is 8.25. The summed E-state index contributed by atoms with van der Waals surface area (Å²) >= 11 is 0. The number of amides is 4. The molecule has 1 fully saturated rings. The maximum absolute atomic E-state index is 12.2. The third-order valence-corrected chi connectivity index (χ3v) is 4.26. The molecule has 0 saturated carbocycles. The summed E-state index contributed by atoms with van der Waals surface area (Å²) < 4.78 is 0. The second-order valence-electron chi connectivity index (χ2n) is 6.29. The van der Waals surface area contributed by atoms with Crippen LogP contribution in [0.3, 0.4) is 0 Å². The Balaban J connectivity index is 1.73. The molecule has 142 valence electrons. The average Bonchev–Trinajstić information content (AvgIpc) is 2.93. The molecule has 1 heterocycles. The fourth-order valence-electron chi connectivity index (χ4n) is 2.75. The van der Waals surface area contributed by atoms with Gasteiger partial charge in [-0.1, -0.05) is 24.3 Å². The van der Waals surface area contributed by atoms with Gasteiger partial charge in [0.2, 0.25) is 5.91 Å². The summed E-state index contributed by atoms with van der Waals surface area (Å²) in [6.45, 7) is 1.57. The first-order chi connectivity index (χ1) is 13.3. The van der Waals surface area contributed by atoms with E-state index in [2.05, 4.69) is 16.0 Å². The van der Waals surface area contributed by atoms with Crippen LogP contribution in [0.15, 0.2) is 54.6 Å². The highest BCUT2D eigenvalue weighted by atomic mass is 16.6. The van der Waals surface area contributed by atoms with Crippen molar-refractivity contribution in [1.82, 2.24) is 10.6 Å². The number of nitrogens with one attached hydrogen (secondary N) is 3. The Bertz CT molecular complexity index is 1020. The molecule has 4 amide bonds. The van der Waals surface area contributed by atoms with E-state index in [0.29, 0.717) is 16.8 Å². The Morgan fingerprint density at radius 3 is 2.61 bits per heavy atom. The first-order valence-corrected chi connectivity index (χ1v) is 8.25. The highest BCUT2D eigenvalue weighted by Gasteiger charge is 2.43. The van der Waals surface area contributed by atoms with Gasteiger partial charge in [0.05, 0.1) is 4.92 Å². The summed E-state index contributed by atoms with van der Waals surface area (Å²) in [6.07, 6.45) is 2.70. The monoisotopic (exact) mass is 380 g/mol. The summed E-state index contributed by atoms with van der Waals surface area (Å²) in [7, 11) is 0. The largest absolute Gasteiger partial charge is 0.323 e. The maximum Gasteiger partial charge on any atom is 0.322 e. The molecule has 2 aromatic carbocycles. The second kappa shape index (κ2) is 7.31. The minimum Gasteiger partial charge on any atom is -0.323 e. The number of benzene rings is 2. The molecule has 3 N–H and O–H groups in total. The lowest BCUT2D eigenvalue weighted by Crippen LogP contribution is -2.40. The summed E-state index contributed by atoms with van der Waals surface area (Å²) in [5, 5.41) is 18.2. The molecule has 0 bridgehead atoms. The zero-order valence-electron chi connectivity index (χ0n) is 14.8. The number of imide groups is 1. The minimum absolute atomic E-state index is 0.0691. The van der Waals surface area contributed by atoms with Crippen LogP contribution < -0.4 is 16.0 Å². The van der Waals surface area contributed by atoms with Crippen LogP contribution in [0, 0.1) is 10.1 Å². The fourth-order valence-corrected chi connectivity index (χ4v) is 2.75. The zero-order valence-corrected chi connectivity index (χ0v) is 14.8. The van der Waals surface area contributed by atoms with E-state index in [4.69, 9.17) is 0 Å². The van der Waals surface area contributed by atoms with Crippen LogP contribution in [0.4, 0.5) is 16.2 Å². The van der Waals surface area contributed by atoms with Gasteiger partial charge in [-0.25, -0.2) is 4.79 Å². The lowest BCUT2D eigenvalue weighted by Gasteiger charge is -2.21. The van der Waals surface area contributed by atoms with Crippen molar-refractivity contribution in [3.8, 4) is 0 Å². The Morgan fingerprint density at radius 2 is 1.93 bits per heavy atom. The Morgan fingerprint density at radius 1 is 1.18 bits per heavy atom. The highest BCUT2D eigenvalue weighted by molar-refractivity contribution is 6.07. The lowest BCUT2D eigenvalue weighted by molar-refractivity contribution is -0.384. The minimum atomic E-state index is -1.23. The van der Waals surface area contributed by atoms with E-state index in [-0.39, 0.29) is 5.69 Å².